The fourth-order valence-electron chi connectivity index (χ4n) is 3.63. The monoisotopic (exact) mass is 440 g/mol. The first kappa shape index (κ1) is 23.4. The maximum atomic E-state index is 12.1. The topological polar surface area (TPSA) is 85.3 Å². The number of carbonyl (C=O) groups excluding carboxylic acids is 1. The molecule has 172 valence electrons. The van der Waals surface area contributed by atoms with Crippen LogP contribution < -0.4 is 14.8 Å². The van der Waals surface area contributed by atoms with E-state index >= 15 is 0 Å². The number of para-hydroxylation sites is 2. The van der Waals surface area contributed by atoms with Gasteiger partial charge < -0.3 is 24.4 Å². The summed E-state index contributed by atoms with van der Waals surface area (Å²) in [5.41, 5.74) is 0.996. The van der Waals surface area contributed by atoms with Crippen molar-refractivity contribution in [3.05, 3.63) is 48.2 Å². The fraction of sp³-hybridized carbons (Fsp3) is 0.458. The zero-order valence-corrected chi connectivity index (χ0v) is 19.0. The van der Waals surface area contributed by atoms with Crippen LogP contribution in [0, 0.1) is 5.92 Å². The number of hydrogen-bond acceptors (Lipinski definition) is 6. The molecule has 0 aliphatic carbocycles. The van der Waals surface area contributed by atoms with Gasteiger partial charge in [-0.05, 0) is 44.4 Å². The summed E-state index contributed by atoms with van der Waals surface area (Å²) < 4.78 is 16.7. The SMILES string of the molecule is CCOC(=O)C1CCCN(C(=NC)NCc2ccc(Oc3ccccc3OCC)nc2)C1. The minimum Gasteiger partial charge on any atom is -0.490 e. The highest BCUT2D eigenvalue weighted by molar-refractivity contribution is 5.81. The molecule has 1 aliphatic rings. The molecule has 0 amide bonds. The molecule has 1 N–H and O–H groups in total. The molecule has 1 atom stereocenters. The Morgan fingerprint density at radius 3 is 2.69 bits per heavy atom. The fourth-order valence-corrected chi connectivity index (χ4v) is 3.63. The van der Waals surface area contributed by atoms with Gasteiger partial charge in [-0.1, -0.05) is 18.2 Å². The van der Waals surface area contributed by atoms with Crippen LogP contribution in [0.25, 0.3) is 0 Å². The van der Waals surface area contributed by atoms with Crippen molar-refractivity contribution in [3.8, 4) is 17.4 Å². The Hall–Kier alpha value is -3.29. The second-order valence-corrected chi connectivity index (χ2v) is 7.42. The van der Waals surface area contributed by atoms with E-state index in [1.165, 1.54) is 0 Å². The van der Waals surface area contributed by atoms with Crippen molar-refractivity contribution in [1.29, 1.82) is 0 Å². The highest BCUT2D eigenvalue weighted by atomic mass is 16.5. The van der Waals surface area contributed by atoms with Crippen LogP contribution in [0.3, 0.4) is 0 Å². The van der Waals surface area contributed by atoms with Gasteiger partial charge in [0, 0.05) is 38.9 Å². The molecule has 1 unspecified atom stereocenters. The Bertz CT molecular complexity index is 901. The maximum Gasteiger partial charge on any atom is 0.310 e. The van der Waals surface area contributed by atoms with Crippen LogP contribution in [0.4, 0.5) is 0 Å². The first-order valence-electron chi connectivity index (χ1n) is 11.1. The molecule has 0 saturated carbocycles. The third kappa shape index (κ3) is 6.35. The predicted molar refractivity (Wildman–Crippen MR) is 123 cm³/mol. The van der Waals surface area contributed by atoms with E-state index in [-0.39, 0.29) is 11.9 Å². The minimum absolute atomic E-state index is 0.111. The Morgan fingerprint density at radius 1 is 1.19 bits per heavy atom. The van der Waals surface area contributed by atoms with Gasteiger partial charge in [-0.2, -0.15) is 0 Å². The lowest BCUT2D eigenvalue weighted by Crippen LogP contribution is -2.48. The highest BCUT2D eigenvalue weighted by Gasteiger charge is 2.28. The Labute approximate surface area is 189 Å². The van der Waals surface area contributed by atoms with Gasteiger partial charge in [0.25, 0.3) is 0 Å². The van der Waals surface area contributed by atoms with Crippen molar-refractivity contribution in [2.75, 3.05) is 33.4 Å². The molecule has 1 fully saturated rings. The first-order valence-corrected chi connectivity index (χ1v) is 11.1. The number of carbonyl (C=O) groups is 1. The molecule has 2 aromatic rings. The zero-order valence-electron chi connectivity index (χ0n) is 19.0. The number of benzene rings is 1. The van der Waals surface area contributed by atoms with Crippen molar-refractivity contribution < 1.29 is 19.0 Å². The van der Waals surface area contributed by atoms with Crippen LogP contribution in [-0.2, 0) is 16.1 Å². The predicted octanol–water partition coefficient (Wildman–Crippen LogP) is 3.62. The van der Waals surface area contributed by atoms with Crippen molar-refractivity contribution in [2.45, 2.75) is 33.2 Å². The smallest absolute Gasteiger partial charge is 0.310 e. The summed E-state index contributed by atoms with van der Waals surface area (Å²) in [6, 6.07) is 11.3. The molecule has 1 aromatic carbocycles. The number of rotatable bonds is 8. The Morgan fingerprint density at radius 2 is 2.00 bits per heavy atom. The molecule has 1 aromatic heterocycles. The van der Waals surface area contributed by atoms with E-state index in [1.54, 1.807) is 13.2 Å². The summed E-state index contributed by atoms with van der Waals surface area (Å²) >= 11 is 0. The van der Waals surface area contributed by atoms with Crippen molar-refractivity contribution in [3.63, 3.8) is 0 Å². The summed E-state index contributed by atoms with van der Waals surface area (Å²) in [5.74, 6) is 2.35. The third-order valence-electron chi connectivity index (χ3n) is 5.16. The summed E-state index contributed by atoms with van der Waals surface area (Å²) in [5, 5.41) is 3.36. The molecular formula is C24H32N4O4. The van der Waals surface area contributed by atoms with Gasteiger partial charge >= 0.3 is 5.97 Å². The quantitative estimate of drug-likeness (QED) is 0.381. The van der Waals surface area contributed by atoms with Gasteiger partial charge in [-0.15, -0.1) is 0 Å². The molecule has 3 rings (SSSR count). The largest absolute Gasteiger partial charge is 0.490 e. The van der Waals surface area contributed by atoms with Crippen molar-refractivity contribution in [2.24, 2.45) is 10.9 Å². The first-order chi connectivity index (χ1) is 15.6. The van der Waals surface area contributed by atoms with Gasteiger partial charge in [0.1, 0.15) is 0 Å². The summed E-state index contributed by atoms with van der Waals surface area (Å²) in [6.45, 7) is 6.79. The molecule has 0 bridgehead atoms. The van der Waals surface area contributed by atoms with E-state index in [2.05, 4.69) is 20.2 Å². The van der Waals surface area contributed by atoms with Gasteiger partial charge in [-0.25, -0.2) is 4.98 Å². The van der Waals surface area contributed by atoms with Gasteiger partial charge in [0.15, 0.2) is 17.5 Å². The second-order valence-electron chi connectivity index (χ2n) is 7.42. The lowest BCUT2D eigenvalue weighted by molar-refractivity contribution is -0.149. The molecule has 0 spiro atoms. The highest BCUT2D eigenvalue weighted by Crippen LogP contribution is 2.30. The van der Waals surface area contributed by atoms with E-state index < -0.39 is 0 Å². The van der Waals surface area contributed by atoms with Gasteiger partial charge in [-0.3, -0.25) is 9.79 Å². The number of aliphatic imine (C=N–C) groups is 1. The van der Waals surface area contributed by atoms with Crippen LogP contribution in [0.15, 0.2) is 47.6 Å². The van der Waals surface area contributed by atoms with Crippen molar-refractivity contribution in [1.82, 2.24) is 15.2 Å². The van der Waals surface area contributed by atoms with E-state index in [0.29, 0.717) is 43.7 Å². The molecule has 1 aliphatic heterocycles. The summed E-state index contributed by atoms with van der Waals surface area (Å²) in [6.07, 6.45) is 3.56. The zero-order chi connectivity index (χ0) is 22.8. The third-order valence-corrected chi connectivity index (χ3v) is 5.16. The molecule has 32 heavy (non-hydrogen) atoms. The number of likely N-dealkylation sites (tertiary alicyclic amines) is 1. The van der Waals surface area contributed by atoms with Crippen LogP contribution in [0.1, 0.15) is 32.3 Å². The number of nitrogens with one attached hydrogen (secondary N) is 1. The Kier molecular flexibility index (Phi) is 8.71. The molecule has 8 heteroatoms. The number of nitrogens with zero attached hydrogens (tertiary/aromatic N) is 3. The van der Waals surface area contributed by atoms with E-state index in [1.807, 2.05) is 50.2 Å². The van der Waals surface area contributed by atoms with Gasteiger partial charge in [0.05, 0.1) is 19.1 Å². The van der Waals surface area contributed by atoms with Crippen LogP contribution in [0.2, 0.25) is 0 Å². The maximum absolute atomic E-state index is 12.1. The van der Waals surface area contributed by atoms with E-state index in [9.17, 15) is 4.79 Å². The standard InChI is InChI=1S/C24H32N4O4/c1-4-30-20-10-6-7-11-21(20)32-22-13-12-18(15-26-22)16-27-24(25-3)28-14-8-9-19(17-28)23(29)31-5-2/h6-7,10-13,15,19H,4-5,8-9,14,16-17H2,1-3H3,(H,25,27). The number of hydrogen-bond donors (Lipinski definition) is 1. The average molecular weight is 441 g/mol. The molecule has 1 saturated heterocycles. The van der Waals surface area contributed by atoms with E-state index in [4.69, 9.17) is 14.2 Å². The lowest BCUT2D eigenvalue weighted by Gasteiger charge is -2.33. The normalized spacial score (nSPS) is 16.4. The lowest BCUT2D eigenvalue weighted by atomic mass is 9.98. The average Bonchev–Trinajstić information content (AvgIpc) is 2.82. The molecule has 2 heterocycles. The van der Waals surface area contributed by atoms with Crippen molar-refractivity contribution >= 4 is 11.9 Å². The minimum atomic E-state index is -0.127. The molecular weight excluding hydrogens is 408 g/mol. The number of esters is 1. The summed E-state index contributed by atoms with van der Waals surface area (Å²) in [7, 11) is 1.75. The Balaban J connectivity index is 1.55. The molecule has 0 radical (unpaired) electrons. The van der Waals surface area contributed by atoms with Crippen LogP contribution in [0.5, 0.6) is 17.4 Å². The number of guanidine groups is 1. The number of piperidine rings is 1. The molecule has 8 nitrogen and oxygen atoms in total. The summed E-state index contributed by atoms with van der Waals surface area (Å²) in [4.78, 5) is 23.0. The van der Waals surface area contributed by atoms with Crippen LogP contribution in [-0.4, -0.2) is 55.2 Å². The van der Waals surface area contributed by atoms with Crippen LogP contribution >= 0.6 is 0 Å². The number of pyridine rings is 1. The number of aromatic nitrogens is 1. The van der Waals surface area contributed by atoms with Gasteiger partial charge in [0.2, 0.25) is 5.88 Å². The van der Waals surface area contributed by atoms with E-state index in [0.717, 1.165) is 30.9 Å². The number of ether oxygens (including phenoxy) is 3. The second kappa shape index (κ2) is 11.9.